The molecule has 0 aromatic heterocycles. The average Bonchev–Trinajstić information content (AvgIpc) is 2.32. The molecule has 1 aromatic carbocycles. The van der Waals surface area contributed by atoms with Gasteiger partial charge in [-0.25, -0.2) is 4.39 Å². The van der Waals surface area contributed by atoms with Gasteiger partial charge >= 0.3 is 0 Å². The van der Waals surface area contributed by atoms with Crippen molar-refractivity contribution in [2.75, 3.05) is 5.88 Å². The fourth-order valence-electron chi connectivity index (χ4n) is 1.70. The molecule has 100 valence electrons. The summed E-state index contributed by atoms with van der Waals surface area (Å²) < 4.78 is 12.7. The van der Waals surface area contributed by atoms with Crippen LogP contribution in [0.5, 0.6) is 0 Å². The van der Waals surface area contributed by atoms with Gasteiger partial charge in [0.2, 0.25) is 5.91 Å². The lowest BCUT2D eigenvalue weighted by molar-refractivity contribution is -0.122. The number of rotatable bonds is 6. The molecule has 4 heteroatoms. The van der Waals surface area contributed by atoms with E-state index in [1.807, 2.05) is 13.8 Å². The maximum absolute atomic E-state index is 12.7. The van der Waals surface area contributed by atoms with E-state index in [4.69, 9.17) is 11.6 Å². The normalized spacial score (nSPS) is 14.0. The van der Waals surface area contributed by atoms with Crippen molar-refractivity contribution < 1.29 is 9.18 Å². The first-order valence-electron chi connectivity index (χ1n) is 6.10. The third kappa shape index (κ3) is 4.65. The van der Waals surface area contributed by atoms with E-state index in [2.05, 4.69) is 5.32 Å². The van der Waals surface area contributed by atoms with Crippen LogP contribution < -0.4 is 5.32 Å². The minimum Gasteiger partial charge on any atom is -0.351 e. The molecule has 1 rings (SSSR count). The topological polar surface area (TPSA) is 29.1 Å². The van der Waals surface area contributed by atoms with Crippen molar-refractivity contribution in [3.05, 3.63) is 35.6 Å². The Labute approximate surface area is 113 Å². The van der Waals surface area contributed by atoms with Crippen molar-refractivity contribution in [3.63, 3.8) is 0 Å². The van der Waals surface area contributed by atoms with Crippen LogP contribution in [-0.2, 0) is 11.2 Å². The third-order valence-electron chi connectivity index (χ3n) is 3.15. The van der Waals surface area contributed by atoms with Crippen molar-refractivity contribution >= 4 is 17.5 Å². The van der Waals surface area contributed by atoms with Crippen molar-refractivity contribution in [3.8, 4) is 0 Å². The lowest BCUT2D eigenvalue weighted by Gasteiger charge is -2.29. The number of alkyl halides is 1. The second-order valence-corrected chi connectivity index (χ2v) is 5.08. The van der Waals surface area contributed by atoms with E-state index < -0.39 is 0 Å². The number of halogens is 2. The highest BCUT2D eigenvalue weighted by atomic mass is 35.5. The Morgan fingerprint density at radius 3 is 2.50 bits per heavy atom. The van der Waals surface area contributed by atoms with E-state index in [9.17, 15) is 9.18 Å². The highest BCUT2D eigenvalue weighted by Gasteiger charge is 2.23. The van der Waals surface area contributed by atoms with Crippen LogP contribution in [0.15, 0.2) is 24.3 Å². The first-order valence-corrected chi connectivity index (χ1v) is 6.64. The molecule has 1 N–H and O–H groups in total. The van der Waals surface area contributed by atoms with Gasteiger partial charge in [0.1, 0.15) is 5.82 Å². The van der Waals surface area contributed by atoms with E-state index in [1.54, 1.807) is 12.1 Å². The lowest BCUT2D eigenvalue weighted by Crippen LogP contribution is -2.46. The summed E-state index contributed by atoms with van der Waals surface area (Å²) in [6.07, 6.45) is 1.83. The highest BCUT2D eigenvalue weighted by Crippen LogP contribution is 2.15. The second kappa shape index (κ2) is 6.74. The number of benzene rings is 1. The zero-order chi connectivity index (χ0) is 13.6. The Morgan fingerprint density at radius 2 is 2.00 bits per heavy atom. The minimum absolute atomic E-state index is 0.0592. The van der Waals surface area contributed by atoms with Gasteiger partial charge in [0.15, 0.2) is 0 Å². The lowest BCUT2D eigenvalue weighted by atomic mass is 9.95. The van der Waals surface area contributed by atoms with Crippen LogP contribution in [0.2, 0.25) is 0 Å². The van der Waals surface area contributed by atoms with Crippen LogP contribution in [0.25, 0.3) is 0 Å². The van der Waals surface area contributed by atoms with Crippen molar-refractivity contribution in [2.24, 2.45) is 0 Å². The Bertz CT molecular complexity index is 393. The van der Waals surface area contributed by atoms with Gasteiger partial charge in [-0.2, -0.15) is 0 Å². The summed E-state index contributed by atoms with van der Waals surface area (Å²) in [6.45, 7) is 4.00. The molecule has 0 radical (unpaired) electrons. The summed E-state index contributed by atoms with van der Waals surface area (Å²) >= 11 is 5.73. The molecule has 1 unspecified atom stereocenters. The average molecular weight is 272 g/mol. The molecule has 2 nitrogen and oxygen atoms in total. The molecule has 0 spiro atoms. The SMILES string of the molecule is CCC(C)(CCCl)NC(=O)Cc1ccc(F)cc1. The Hall–Kier alpha value is -1.09. The predicted molar refractivity (Wildman–Crippen MR) is 72.3 cm³/mol. The summed E-state index contributed by atoms with van der Waals surface area (Å²) in [4.78, 5) is 11.9. The molecule has 0 heterocycles. The summed E-state index contributed by atoms with van der Waals surface area (Å²) in [5.41, 5.74) is 0.539. The smallest absolute Gasteiger partial charge is 0.224 e. The molecule has 18 heavy (non-hydrogen) atoms. The van der Waals surface area contributed by atoms with Gasteiger partial charge in [-0.3, -0.25) is 4.79 Å². The first-order chi connectivity index (χ1) is 8.49. The van der Waals surface area contributed by atoms with Gasteiger partial charge in [-0.15, -0.1) is 11.6 Å². The highest BCUT2D eigenvalue weighted by molar-refractivity contribution is 6.17. The van der Waals surface area contributed by atoms with E-state index in [0.29, 0.717) is 5.88 Å². The molecular formula is C14H19ClFNO. The third-order valence-corrected chi connectivity index (χ3v) is 3.33. The number of amides is 1. The molecule has 1 aromatic rings. The number of hydrogen-bond acceptors (Lipinski definition) is 1. The zero-order valence-corrected chi connectivity index (χ0v) is 11.6. The van der Waals surface area contributed by atoms with E-state index in [1.165, 1.54) is 12.1 Å². The quantitative estimate of drug-likeness (QED) is 0.791. The van der Waals surface area contributed by atoms with Gasteiger partial charge < -0.3 is 5.32 Å². The van der Waals surface area contributed by atoms with Crippen molar-refractivity contribution in [2.45, 2.75) is 38.6 Å². The second-order valence-electron chi connectivity index (χ2n) is 4.70. The fraction of sp³-hybridized carbons (Fsp3) is 0.500. The summed E-state index contributed by atoms with van der Waals surface area (Å²) in [6, 6.07) is 5.97. The minimum atomic E-state index is -0.292. The Kier molecular flexibility index (Phi) is 5.60. The molecular weight excluding hydrogens is 253 g/mol. The molecule has 0 saturated heterocycles. The van der Waals surface area contributed by atoms with Crippen LogP contribution in [0.1, 0.15) is 32.3 Å². The summed E-state index contributed by atoms with van der Waals surface area (Å²) in [7, 11) is 0. The van der Waals surface area contributed by atoms with Crippen LogP contribution in [0, 0.1) is 5.82 Å². The van der Waals surface area contributed by atoms with Crippen LogP contribution in [0.4, 0.5) is 4.39 Å². The van der Waals surface area contributed by atoms with Crippen LogP contribution in [-0.4, -0.2) is 17.3 Å². The molecule has 0 bridgehead atoms. The van der Waals surface area contributed by atoms with Crippen LogP contribution >= 0.6 is 11.6 Å². The van der Waals surface area contributed by atoms with E-state index >= 15 is 0 Å². The molecule has 1 amide bonds. The Morgan fingerprint density at radius 1 is 1.39 bits per heavy atom. The monoisotopic (exact) mass is 271 g/mol. The maximum Gasteiger partial charge on any atom is 0.224 e. The molecule has 1 atom stereocenters. The molecule has 0 aliphatic heterocycles. The van der Waals surface area contributed by atoms with Crippen molar-refractivity contribution in [1.82, 2.24) is 5.32 Å². The largest absolute Gasteiger partial charge is 0.351 e. The number of carbonyl (C=O) groups excluding carboxylic acids is 1. The number of carbonyl (C=O) groups is 1. The number of hydrogen-bond donors (Lipinski definition) is 1. The van der Waals surface area contributed by atoms with Gasteiger partial charge in [0.05, 0.1) is 6.42 Å². The summed E-state index contributed by atoms with van der Waals surface area (Å²) in [5.74, 6) is 0.164. The fourth-order valence-corrected chi connectivity index (χ4v) is 2.12. The molecule has 0 aliphatic carbocycles. The van der Waals surface area contributed by atoms with Gasteiger partial charge in [0.25, 0.3) is 0 Å². The molecule has 0 aliphatic rings. The van der Waals surface area contributed by atoms with Crippen molar-refractivity contribution in [1.29, 1.82) is 0 Å². The standard InChI is InChI=1S/C14H19ClFNO/c1-3-14(2,8-9-15)17-13(18)10-11-4-6-12(16)7-5-11/h4-7H,3,8-10H2,1-2H3,(H,17,18). The van der Waals surface area contributed by atoms with Gasteiger partial charge in [0, 0.05) is 11.4 Å². The number of nitrogens with one attached hydrogen (secondary N) is 1. The molecule has 0 saturated carbocycles. The maximum atomic E-state index is 12.7. The first kappa shape index (κ1) is 15.0. The van der Waals surface area contributed by atoms with E-state index in [-0.39, 0.29) is 23.7 Å². The van der Waals surface area contributed by atoms with E-state index in [0.717, 1.165) is 18.4 Å². The van der Waals surface area contributed by atoms with Gasteiger partial charge in [-0.05, 0) is 37.5 Å². The Balaban J connectivity index is 2.58. The predicted octanol–water partition coefficient (Wildman–Crippen LogP) is 3.28. The molecule has 0 fully saturated rings. The summed E-state index contributed by atoms with van der Waals surface area (Å²) in [5, 5.41) is 2.99. The zero-order valence-electron chi connectivity index (χ0n) is 10.8. The van der Waals surface area contributed by atoms with Gasteiger partial charge in [-0.1, -0.05) is 19.1 Å². The van der Waals surface area contributed by atoms with Crippen LogP contribution in [0.3, 0.4) is 0 Å².